The van der Waals surface area contributed by atoms with Crippen LogP contribution < -0.4 is 0 Å². The summed E-state index contributed by atoms with van der Waals surface area (Å²) in [5.41, 5.74) is 0. The smallest absolute Gasteiger partial charge is 0.462 e. The highest BCUT2D eigenvalue weighted by Crippen LogP contribution is 2.43. The Hall–Kier alpha value is -3.60. The monoisotopic (exact) mass is 889 g/mol. The Labute approximate surface area is 374 Å². The maximum absolute atomic E-state index is 12.8. The van der Waals surface area contributed by atoms with Gasteiger partial charge >= 0.3 is 25.7 Å². The standard InChI is InChI=1S/C50H81O11P/c1-4-7-10-13-16-19-21-23-25-28-31-34-37-40-49(53)60-46(42-51)44-58-62(55,56)59-45-47(43-57-48(52)39-36-33-30-27-18-15-12-9-6-3)61-50(54)41-38-35-32-29-26-24-22-20-17-14-11-8-5-2/h7-8,10-11,16-17,19-20,23-26,31-32,34-35,46-47,51H,4-6,9,12-15,18,21-22,27-30,33,36-45H2,1-3H3,(H,55,56)/b10-7-,11-8-,19-16-,20-17-,25-23-,26-24-,34-31-,35-32-. The molecule has 0 saturated carbocycles. The Balaban J connectivity index is 4.91. The van der Waals surface area contributed by atoms with Crippen molar-refractivity contribution in [3.63, 3.8) is 0 Å². The number of carbonyl (C=O) groups is 3. The molecule has 2 N–H and O–H groups in total. The van der Waals surface area contributed by atoms with Gasteiger partial charge in [-0.2, -0.15) is 0 Å². The minimum atomic E-state index is -4.77. The summed E-state index contributed by atoms with van der Waals surface area (Å²) < 4.78 is 39.0. The topological polar surface area (TPSA) is 155 Å². The van der Waals surface area contributed by atoms with Gasteiger partial charge in [-0.3, -0.25) is 23.4 Å². The fourth-order valence-corrected chi connectivity index (χ4v) is 6.34. The molecule has 12 heteroatoms. The molecule has 11 nitrogen and oxygen atoms in total. The van der Waals surface area contributed by atoms with Gasteiger partial charge in [0.15, 0.2) is 6.10 Å². The van der Waals surface area contributed by atoms with Crippen LogP contribution in [0.4, 0.5) is 0 Å². The van der Waals surface area contributed by atoms with E-state index in [2.05, 4.69) is 81.5 Å². The highest BCUT2D eigenvalue weighted by atomic mass is 31.2. The van der Waals surface area contributed by atoms with Crippen LogP contribution in [-0.4, -0.2) is 66.5 Å². The molecule has 3 atom stereocenters. The van der Waals surface area contributed by atoms with Crippen LogP contribution in [0, 0.1) is 0 Å². The van der Waals surface area contributed by atoms with Gasteiger partial charge in [-0.05, 0) is 70.6 Å². The number of phosphoric ester groups is 1. The van der Waals surface area contributed by atoms with Crippen molar-refractivity contribution in [3.05, 3.63) is 97.2 Å². The van der Waals surface area contributed by atoms with Gasteiger partial charge in [-0.25, -0.2) is 4.57 Å². The largest absolute Gasteiger partial charge is 0.472 e. The van der Waals surface area contributed by atoms with Crippen LogP contribution in [0.1, 0.15) is 162 Å². The maximum atomic E-state index is 12.8. The molecule has 0 aliphatic rings. The second kappa shape index (κ2) is 44.0. The minimum Gasteiger partial charge on any atom is -0.462 e. The lowest BCUT2D eigenvalue weighted by atomic mass is 10.1. The molecule has 3 unspecified atom stereocenters. The zero-order valence-corrected chi connectivity index (χ0v) is 39.2. The number of hydrogen-bond acceptors (Lipinski definition) is 10. The average Bonchev–Trinajstić information content (AvgIpc) is 3.25. The van der Waals surface area contributed by atoms with E-state index >= 15 is 0 Å². The maximum Gasteiger partial charge on any atom is 0.472 e. The number of rotatable bonds is 41. The van der Waals surface area contributed by atoms with Crippen molar-refractivity contribution < 1.29 is 52.2 Å². The molecule has 62 heavy (non-hydrogen) atoms. The van der Waals surface area contributed by atoms with E-state index in [-0.39, 0.29) is 25.9 Å². The number of ether oxygens (including phenoxy) is 3. The van der Waals surface area contributed by atoms with E-state index in [0.29, 0.717) is 19.3 Å². The van der Waals surface area contributed by atoms with E-state index in [1.807, 2.05) is 36.5 Å². The zero-order chi connectivity index (χ0) is 45.6. The van der Waals surface area contributed by atoms with E-state index < -0.39 is 57.8 Å². The van der Waals surface area contributed by atoms with Crippen molar-refractivity contribution in [1.29, 1.82) is 0 Å². The van der Waals surface area contributed by atoms with Crippen LogP contribution in [0.3, 0.4) is 0 Å². The number of allylic oxidation sites excluding steroid dienone is 16. The van der Waals surface area contributed by atoms with Crippen molar-refractivity contribution in [2.75, 3.05) is 26.4 Å². The second-order valence-corrected chi connectivity index (χ2v) is 16.3. The summed E-state index contributed by atoms with van der Waals surface area (Å²) in [5, 5.41) is 9.71. The highest BCUT2D eigenvalue weighted by molar-refractivity contribution is 7.47. The van der Waals surface area contributed by atoms with E-state index in [1.54, 1.807) is 0 Å². The lowest BCUT2D eigenvalue weighted by Crippen LogP contribution is -2.30. The Bertz CT molecular complexity index is 1410. The van der Waals surface area contributed by atoms with E-state index in [0.717, 1.165) is 70.6 Å². The summed E-state index contributed by atoms with van der Waals surface area (Å²) in [4.78, 5) is 47.9. The molecule has 0 amide bonds. The Morgan fingerprint density at radius 1 is 0.468 bits per heavy atom. The summed E-state index contributed by atoms with van der Waals surface area (Å²) in [6.07, 6.45) is 48.6. The summed E-state index contributed by atoms with van der Waals surface area (Å²) in [7, 11) is -4.77. The Morgan fingerprint density at radius 2 is 0.839 bits per heavy atom. The lowest BCUT2D eigenvalue weighted by Gasteiger charge is -2.21. The Kier molecular flexibility index (Phi) is 41.5. The van der Waals surface area contributed by atoms with Crippen molar-refractivity contribution in [2.45, 2.75) is 174 Å². The normalized spacial score (nSPS) is 14.5. The first-order chi connectivity index (χ1) is 30.2. The molecule has 0 heterocycles. The third-order valence-electron chi connectivity index (χ3n) is 9.03. The van der Waals surface area contributed by atoms with Gasteiger partial charge in [0.05, 0.1) is 19.8 Å². The summed E-state index contributed by atoms with van der Waals surface area (Å²) >= 11 is 0. The highest BCUT2D eigenvalue weighted by Gasteiger charge is 2.28. The van der Waals surface area contributed by atoms with Gasteiger partial charge in [0, 0.05) is 19.3 Å². The fourth-order valence-electron chi connectivity index (χ4n) is 5.56. The van der Waals surface area contributed by atoms with E-state index in [9.17, 15) is 28.9 Å². The van der Waals surface area contributed by atoms with Gasteiger partial charge in [0.25, 0.3) is 0 Å². The quantitative estimate of drug-likeness (QED) is 0.0198. The van der Waals surface area contributed by atoms with Crippen molar-refractivity contribution in [3.8, 4) is 0 Å². The molecular formula is C50H81O11P. The third kappa shape index (κ3) is 41.7. The Morgan fingerprint density at radius 3 is 1.26 bits per heavy atom. The molecule has 0 radical (unpaired) electrons. The van der Waals surface area contributed by atoms with Crippen LogP contribution in [0.5, 0.6) is 0 Å². The van der Waals surface area contributed by atoms with E-state index in [1.165, 1.54) is 32.1 Å². The summed E-state index contributed by atoms with van der Waals surface area (Å²) in [6.45, 7) is 4.17. The molecular weight excluding hydrogens is 808 g/mol. The summed E-state index contributed by atoms with van der Waals surface area (Å²) in [5.74, 6) is -1.67. The van der Waals surface area contributed by atoms with Crippen LogP contribution in [0.25, 0.3) is 0 Å². The molecule has 0 aromatic heterocycles. The molecule has 0 saturated heterocycles. The molecule has 0 aliphatic carbocycles. The van der Waals surface area contributed by atoms with Gasteiger partial charge in [0.2, 0.25) is 0 Å². The molecule has 0 bridgehead atoms. The van der Waals surface area contributed by atoms with Crippen LogP contribution in [-0.2, 0) is 42.2 Å². The molecule has 0 rings (SSSR count). The van der Waals surface area contributed by atoms with Crippen LogP contribution >= 0.6 is 7.82 Å². The number of esters is 3. The van der Waals surface area contributed by atoms with Gasteiger partial charge in [0.1, 0.15) is 12.7 Å². The van der Waals surface area contributed by atoms with Crippen LogP contribution in [0.15, 0.2) is 97.2 Å². The third-order valence-corrected chi connectivity index (χ3v) is 9.98. The van der Waals surface area contributed by atoms with Crippen LogP contribution in [0.2, 0.25) is 0 Å². The zero-order valence-electron chi connectivity index (χ0n) is 38.3. The second-order valence-electron chi connectivity index (χ2n) is 14.8. The number of aliphatic hydroxyl groups is 1. The number of phosphoric acid groups is 1. The molecule has 0 aromatic rings. The van der Waals surface area contributed by atoms with Gasteiger partial charge in [-0.1, -0.05) is 169 Å². The fraction of sp³-hybridized carbons (Fsp3) is 0.620. The van der Waals surface area contributed by atoms with Crippen molar-refractivity contribution >= 4 is 25.7 Å². The molecule has 352 valence electrons. The number of unbranched alkanes of at least 4 members (excludes halogenated alkanes) is 8. The predicted octanol–water partition coefficient (Wildman–Crippen LogP) is 12.6. The molecule has 0 spiro atoms. The first-order valence-electron chi connectivity index (χ1n) is 23.1. The predicted molar refractivity (Wildman–Crippen MR) is 251 cm³/mol. The number of hydrogen-bond donors (Lipinski definition) is 2. The molecule has 0 aromatic carbocycles. The van der Waals surface area contributed by atoms with Gasteiger partial charge < -0.3 is 24.2 Å². The summed E-state index contributed by atoms with van der Waals surface area (Å²) in [6, 6.07) is 0. The minimum absolute atomic E-state index is 0.0379. The number of carbonyl (C=O) groups excluding carboxylic acids is 3. The SMILES string of the molecule is CC/C=C\C/C=C\C/C=C\C/C=C\CCC(=O)OC(CO)COP(=O)(O)OCC(COC(=O)CCCCCCCCCCC)OC(=O)CC/C=C\C/C=C\C/C=C\C/C=C\CC. The number of aliphatic hydroxyl groups excluding tert-OH is 1. The van der Waals surface area contributed by atoms with Gasteiger partial charge in [-0.15, -0.1) is 0 Å². The lowest BCUT2D eigenvalue weighted by molar-refractivity contribution is -0.161. The first kappa shape index (κ1) is 58.4. The van der Waals surface area contributed by atoms with E-state index in [4.69, 9.17) is 23.3 Å². The van der Waals surface area contributed by atoms with Crippen molar-refractivity contribution in [2.24, 2.45) is 0 Å². The molecule has 0 fully saturated rings. The molecule has 0 aliphatic heterocycles. The average molecular weight is 889 g/mol. The first-order valence-corrected chi connectivity index (χ1v) is 24.6. The van der Waals surface area contributed by atoms with Crippen molar-refractivity contribution in [1.82, 2.24) is 0 Å².